The van der Waals surface area contributed by atoms with Crippen LogP contribution in [0, 0.1) is 0 Å². The molecule has 0 saturated carbocycles. The maximum absolute atomic E-state index is 12.9. The number of nitrogens with zero attached hydrogens (tertiary/aromatic N) is 3. The van der Waals surface area contributed by atoms with Gasteiger partial charge in [-0.15, -0.1) is 0 Å². The average Bonchev–Trinajstić information content (AvgIpc) is 3.24. The zero-order valence-corrected chi connectivity index (χ0v) is 17.1. The van der Waals surface area contributed by atoms with Crippen LogP contribution < -0.4 is 5.73 Å². The number of rotatable bonds is 5. The SMILES string of the molecule is CN(Cc1ccccc1)C(=O)c1cc(-c2nc(N)ncc2-c2cccc(Cl)c2)c[nH]1. The first-order valence-electron chi connectivity index (χ1n) is 9.38. The van der Waals surface area contributed by atoms with Crippen molar-refractivity contribution >= 4 is 23.5 Å². The molecule has 0 atom stereocenters. The van der Waals surface area contributed by atoms with Crippen LogP contribution in [0.5, 0.6) is 0 Å². The number of carbonyl (C=O) groups excluding carboxylic acids is 1. The third-order valence-corrected chi connectivity index (χ3v) is 4.97. The molecule has 0 bridgehead atoms. The van der Waals surface area contributed by atoms with Gasteiger partial charge in [0.2, 0.25) is 5.95 Å². The second-order valence-corrected chi connectivity index (χ2v) is 7.39. The van der Waals surface area contributed by atoms with E-state index < -0.39 is 0 Å². The lowest BCUT2D eigenvalue weighted by Crippen LogP contribution is -2.26. The van der Waals surface area contributed by atoms with E-state index in [-0.39, 0.29) is 11.9 Å². The van der Waals surface area contributed by atoms with Crippen LogP contribution in [0.2, 0.25) is 5.02 Å². The highest BCUT2D eigenvalue weighted by molar-refractivity contribution is 6.30. The number of aromatic nitrogens is 3. The van der Waals surface area contributed by atoms with Crippen molar-refractivity contribution in [2.45, 2.75) is 6.54 Å². The van der Waals surface area contributed by atoms with Crippen LogP contribution in [-0.4, -0.2) is 32.8 Å². The number of amides is 1. The molecular weight excluding hydrogens is 398 g/mol. The van der Waals surface area contributed by atoms with Crippen molar-refractivity contribution in [2.75, 3.05) is 12.8 Å². The molecule has 4 rings (SSSR count). The Bertz CT molecular complexity index is 1190. The Hall–Kier alpha value is -3.64. The summed E-state index contributed by atoms with van der Waals surface area (Å²) in [7, 11) is 1.77. The van der Waals surface area contributed by atoms with Gasteiger partial charge in [0.1, 0.15) is 5.69 Å². The summed E-state index contributed by atoms with van der Waals surface area (Å²) < 4.78 is 0. The molecule has 0 radical (unpaired) electrons. The maximum atomic E-state index is 12.9. The highest BCUT2D eigenvalue weighted by Crippen LogP contribution is 2.32. The summed E-state index contributed by atoms with van der Waals surface area (Å²) in [5.41, 5.74) is 10.4. The van der Waals surface area contributed by atoms with Crippen LogP contribution in [-0.2, 0) is 6.54 Å². The van der Waals surface area contributed by atoms with Gasteiger partial charge in [0.05, 0.1) is 5.69 Å². The number of nitrogen functional groups attached to an aromatic ring is 1. The fraction of sp³-hybridized carbons (Fsp3) is 0.0870. The number of anilines is 1. The standard InChI is InChI=1S/C23H20ClN5O/c1-29(14-15-6-3-2-4-7-15)22(30)20-11-17(12-26-20)21-19(13-27-23(25)28-21)16-8-5-9-18(24)10-16/h2-13,26H,14H2,1H3,(H2,25,27,28). The largest absolute Gasteiger partial charge is 0.368 e. The van der Waals surface area contributed by atoms with E-state index in [9.17, 15) is 4.79 Å². The van der Waals surface area contributed by atoms with Gasteiger partial charge in [-0.3, -0.25) is 4.79 Å². The zero-order valence-electron chi connectivity index (χ0n) is 16.3. The van der Waals surface area contributed by atoms with Crippen molar-refractivity contribution < 1.29 is 4.79 Å². The predicted octanol–water partition coefficient (Wildman–Crippen LogP) is 4.65. The molecule has 3 N–H and O–H groups in total. The normalized spacial score (nSPS) is 10.7. The molecular formula is C23H20ClN5O. The monoisotopic (exact) mass is 417 g/mol. The molecule has 2 heterocycles. The summed E-state index contributed by atoms with van der Waals surface area (Å²) in [5, 5.41) is 0.614. The van der Waals surface area contributed by atoms with E-state index in [1.54, 1.807) is 36.5 Å². The third kappa shape index (κ3) is 4.18. The van der Waals surface area contributed by atoms with Gasteiger partial charge in [0.25, 0.3) is 5.91 Å². The minimum absolute atomic E-state index is 0.114. The van der Waals surface area contributed by atoms with E-state index in [1.165, 1.54) is 0 Å². The molecule has 0 spiro atoms. The smallest absolute Gasteiger partial charge is 0.270 e. The fourth-order valence-electron chi connectivity index (χ4n) is 3.27. The Labute approximate surface area is 179 Å². The van der Waals surface area contributed by atoms with E-state index in [0.717, 1.165) is 22.3 Å². The molecule has 0 aliphatic carbocycles. The second kappa shape index (κ2) is 8.39. The number of benzene rings is 2. The van der Waals surface area contributed by atoms with Crippen LogP contribution in [0.15, 0.2) is 73.1 Å². The lowest BCUT2D eigenvalue weighted by molar-refractivity contribution is 0.0780. The van der Waals surface area contributed by atoms with Crippen molar-refractivity contribution in [1.82, 2.24) is 19.9 Å². The number of nitrogens with one attached hydrogen (secondary N) is 1. The number of aromatic amines is 1. The van der Waals surface area contributed by atoms with E-state index in [4.69, 9.17) is 17.3 Å². The Morgan fingerprint density at radius 2 is 1.90 bits per heavy atom. The van der Waals surface area contributed by atoms with Crippen LogP contribution in [0.4, 0.5) is 5.95 Å². The van der Waals surface area contributed by atoms with Crippen LogP contribution >= 0.6 is 11.6 Å². The van der Waals surface area contributed by atoms with Crippen LogP contribution in [0.25, 0.3) is 22.4 Å². The third-order valence-electron chi connectivity index (χ3n) is 4.74. The van der Waals surface area contributed by atoms with Gasteiger partial charge in [-0.2, -0.15) is 0 Å². The molecule has 150 valence electrons. The van der Waals surface area contributed by atoms with Crippen LogP contribution in [0.1, 0.15) is 16.1 Å². The molecule has 4 aromatic rings. The number of H-pyrrole nitrogens is 1. The first-order valence-corrected chi connectivity index (χ1v) is 9.75. The van der Waals surface area contributed by atoms with Crippen molar-refractivity contribution in [3.63, 3.8) is 0 Å². The maximum Gasteiger partial charge on any atom is 0.270 e. The highest BCUT2D eigenvalue weighted by Gasteiger charge is 2.18. The Balaban J connectivity index is 1.64. The summed E-state index contributed by atoms with van der Waals surface area (Å²) in [6.07, 6.45) is 3.42. The summed E-state index contributed by atoms with van der Waals surface area (Å²) in [6, 6.07) is 19.1. The molecule has 0 aliphatic heterocycles. The van der Waals surface area contributed by atoms with E-state index in [0.29, 0.717) is 23.0 Å². The predicted molar refractivity (Wildman–Crippen MR) is 119 cm³/mol. The van der Waals surface area contributed by atoms with Crippen LogP contribution in [0.3, 0.4) is 0 Å². The number of hydrogen-bond donors (Lipinski definition) is 2. The van der Waals surface area contributed by atoms with Crippen molar-refractivity contribution in [2.24, 2.45) is 0 Å². The quantitative estimate of drug-likeness (QED) is 0.494. The molecule has 7 heteroatoms. The Morgan fingerprint density at radius 1 is 1.10 bits per heavy atom. The second-order valence-electron chi connectivity index (χ2n) is 6.95. The molecule has 30 heavy (non-hydrogen) atoms. The van der Waals surface area contributed by atoms with Gasteiger partial charge in [-0.25, -0.2) is 9.97 Å². The molecule has 0 aliphatic rings. The molecule has 0 saturated heterocycles. The summed E-state index contributed by atoms with van der Waals surface area (Å²) in [4.78, 5) is 26.1. The first-order chi connectivity index (χ1) is 14.5. The van der Waals surface area contributed by atoms with E-state index >= 15 is 0 Å². The number of carbonyl (C=O) groups is 1. The lowest BCUT2D eigenvalue weighted by Gasteiger charge is -2.16. The Morgan fingerprint density at radius 3 is 2.67 bits per heavy atom. The number of nitrogens with two attached hydrogens (primary N) is 1. The van der Waals surface area contributed by atoms with E-state index in [2.05, 4.69) is 15.0 Å². The van der Waals surface area contributed by atoms with Gasteiger partial charge in [-0.05, 0) is 29.3 Å². The molecule has 1 amide bonds. The summed E-state index contributed by atoms with van der Waals surface area (Å²) in [5.74, 6) is 0.0440. The van der Waals surface area contributed by atoms with Gasteiger partial charge in [0.15, 0.2) is 0 Å². The molecule has 2 aromatic heterocycles. The molecule has 2 aromatic carbocycles. The molecule has 0 unspecified atom stereocenters. The zero-order chi connectivity index (χ0) is 21.1. The van der Waals surface area contributed by atoms with Crippen molar-refractivity contribution in [3.8, 4) is 22.4 Å². The highest BCUT2D eigenvalue weighted by atomic mass is 35.5. The lowest BCUT2D eigenvalue weighted by atomic mass is 10.0. The summed E-state index contributed by atoms with van der Waals surface area (Å²) >= 11 is 6.15. The fourth-order valence-corrected chi connectivity index (χ4v) is 3.46. The van der Waals surface area contributed by atoms with Crippen molar-refractivity contribution in [1.29, 1.82) is 0 Å². The minimum atomic E-state index is -0.114. The number of halogens is 1. The Kier molecular flexibility index (Phi) is 5.50. The van der Waals surface area contributed by atoms with Gasteiger partial charge >= 0.3 is 0 Å². The first kappa shape index (κ1) is 19.7. The average molecular weight is 418 g/mol. The number of hydrogen-bond acceptors (Lipinski definition) is 4. The topological polar surface area (TPSA) is 87.9 Å². The van der Waals surface area contributed by atoms with Gasteiger partial charge in [-0.1, -0.05) is 54.1 Å². The van der Waals surface area contributed by atoms with Crippen molar-refractivity contribution in [3.05, 3.63) is 89.3 Å². The van der Waals surface area contributed by atoms with Gasteiger partial charge in [0, 0.05) is 42.1 Å². The molecule has 0 fully saturated rings. The van der Waals surface area contributed by atoms with E-state index in [1.807, 2.05) is 48.5 Å². The summed E-state index contributed by atoms with van der Waals surface area (Å²) in [6.45, 7) is 0.516. The minimum Gasteiger partial charge on any atom is -0.368 e. The van der Waals surface area contributed by atoms with Gasteiger partial charge < -0.3 is 15.6 Å². The molecule has 6 nitrogen and oxygen atoms in total.